The summed E-state index contributed by atoms with van der Waals surface area (Å²) in [6.45, 7) is 2.94. The van der Waals surface area contributed by atoms with E-state index in [1.165, 1.54) is 0 Å². The highest BCUT2D eigenvalue weighted by Crippen LogP contribution is 2.37. The van der Waals surface area contributed by atoms with Crippen molar-refractivity contribution in [3.8, 4) is 16.9 Å². The van der Waals surface area contributed by atoms with Gasteiger partial charge in [0.2, 0.25) is 0 Å². The molecule has 6 rings (SSSR count). The summed E-state index contributed by atoms with van der Waals surface area (Å²) in [5.41, 5.74) is 3.89. The zero-order valence-corrected chi connectivity index (χ0v) is 23.1. The second kappa shape index (κ2) is 11.8. The summed E-state index contributed by atoms with van der Waals surface area (Å²) >= 11 is 0. The Labute approximate surface area is 241 Å². The smallest absolute Gasteiger partial charge is 0.260 e. The van der Waals surface area contributed by atoms with Crippen molar-refractivity contribution in [1.29, 1.82) is 5.41 Å². The molecule has 1 unspecified atom stereocenters. The molecule has 3 heterocycles. The van der Waals surface area contributed by atoms with E-state index in [0.29, 0.717) is 37.3 Å². The summed E-state index contributed by atoms with van der Waals surface area (Å²) in [6.07, 6.45) is 5.50. The second-order valence-corrected chi connectivity index (χ2v) is 10.9. The Bertz CT molecular complexity index is 1470. The fourth-order valence-corrected chi connectivity index (χ4v) is 5.99. The van der Waals surface area contributed by atoms with Gasteiger partial charge in [-0.25, -0.2) is 0 Å². The van der Waals surface area contributed by atoms with E-state index in [1.807, 2.05) is 53.6 Å². The molecule has 41 heavy (non-hydrogen) atoms. The summed E-state index contributed by atoms with van der Waals surface area (Å²) in [5.74, 6) is 1.59. The Kier molecular flexibility index (Phi) is 7.67. The standard InChI is InChI=1S/C34H35N5O2/c35-33-37-34(29-11-3-1-4-12-29,30-13-7-9-27(21-30)28-10-8-18-36-22-28)25-39(33)23-26-16-19-38(20-17-26)32(40)24-41-31-14-5-2-6-15-31/h1-15,18,21-22,26H,16-17,19-20,23-25H2,(H2,35,37). The maximum atomic E-state index is 12.7. The first kappa shape index (κ1) is 26.6. The van der Waals surface area contributed by atoms with E-state index in [0.717, 1.165) is 41.6 Å². The molecule has 2 N–H and O–H groups in total. The van der Waals surface area contributed by atoms with Crippen molar-refractivity contribution in [3.05, 3.63) is 121 Å². The Morgan fingerprint density at radius 3 is 2.34 bits per heavy atom. The van der Waals surface area contributed by atoms with Gasteiger partial charge in [-0.15, -0.1) is 0 Å². The summed E-state index contributed by atoms with van der Waals surface area (Å²) < 4.78 is 5.67. The van der Waals surface area contributed by atoms with Crippen LogP contribution < -0.4 is 10.1 Å². The molecule has 0 saturated carbocycles. The van der Waals surface area contributed by atoms with Crippen molar-refractivity contribution in [2.75, 3.05) is 32.8 Å². The molecule has 2 saturated heterocycles. The van der Waals surface area contributed by atoms with Gasteiger partial charge < -0.3 is 19.9 Å². The van der Waals surface area contributed by atoms with Gasteiger partial charge in [0.15, 0.2) is 12.6 Å². The van der Waals surface area contributed by atoms with E-state index in [1.54, 1.807) is 6.20 Å². The second-order valence-electron chi connectivity index (χ2n) is 10.9. The van der Waals surface area contributed by atoms with Gasteiger partial charge in [-0.1, -0.05) is 72.8 Å². The number of amides is 1. The van der Waals surface area contributed by atoms with Gasteiger partial charge in [0, 0.05) is 32.0 Å². The third kappa shape index (κ3) is 5.80. The van der Waals surface area contributed by atoms with Crippen LogP contribution in [0.25, 0.3) is 11.1 Å². The molecule has 7 nitrogen and oxygen atoms in total. The van der Waals surface area contributed by atoms with Crippen LogP contribution in [0.3, 0.4) is 0 Å². The van der Waals surface area contributed by atoms with Crippen molar-refractivity contribution in [1.82, 2.24) is 20.1 Å². The quantitative estimate of drug-likeness (QED) is 0.320. The summed E-state index contributed by atoms with van der Waals surface area (Å²) in [5, 5.41) is 12.6. The van der Waals surface area contributed by atoms with Crippen LogP contribution in [0, 0.1) is 11.3 Å². The predicted octanol–water partition coefficient (Wildman–Crippen LogP) is 5.15. The molecule has 7 heteroatoms. The number of piperidine rings is 1. The molecule has 2 fully saturated rings. The van der Waals surface area contributed by atoms with Crippen LogP contribution in [0.4, 0.5) is 0 Å². The number of rotatable bonds is 8. The number of nitrogens with zero attached hydrogens (tertiary/aromatic N) is 3. The molecule has 1 atom stereocenters. The lowest BCUT2D eigenvalue weighted by atomic mass is 9.82. The van der Waals surface area contributed by atoms with Crippen LogP contribution in [0.2, 0.25) is 0 Å². The minimum atomic E-state index is -0.540. The molecule has 3 aromatic carbocycles. The number of ether oxygens (including phenoxy) is 1. The van der Waals surface area contributed by atoms with Crippen LogP contribution in [-0.4, -0.2) is 59.4 Å². The highest BCUT2D eigenvalue weighted by Gasteiger charge is 2.44. The molecule has 0 spiro atoms. The molecule has 0 bridgehead atoms. The number of carbonyl (C=O) groups is 1. The SMILES string of the molecule is N=C1NC(c2ccccc2)(c2cccc(-c3cccnc3)c2)CN1CC1CCN(C(=O)COc2ccccc2)CC1. The van der Waals surface area contributed by atoms with E-state index in [9.17, 15) is 4.79 Å². The van der Waals surface area contributed by atoms with Crippen molar-refractivity contribution >= 4 is 11.9 Å². The van der Waals surface area contributed by atoms with Crippen LogP contribution in [-0.2, 0) is 10.3 Å². The van der Waals surface area contributed by atoms with Gasteiger partial charge >= 0.3 is 0 Å². The lowest BCUT2D eigenvalue weighted by molar-refractivity contribution is -0.134. The van der Waals surface area contributed by atoms with E-state index < -0.39 is 5.54 Å². The number of benzene rings is 3. The number of pyridine rings is 1. The number of carbonyl (C=O) groups excluding carboxylic acids is 1. The van der Waals surface area contributed by atoms with Gasteiger partial charge in [-0.05, 0) is 65.3 Å². The van der Waals surface area contributed by atoms with Gasteiger partial charge in [-0.2, -0.15) is 0 Å². The molecule has 2 aliphatic heterocycles. The number of aromatic nitrogens is 1. The highest BCUT2D eigenvalue weighted by atomic mass is 16.5. The first-order valence-corrected chi connectivity index (χ1v) is 14.2. The number of nitrogens with one attached hydrogen (secondary N) is 2. The van der Waals surface area contributed by atoms with Gasteiger partial charge in [-0.3, -0.25) is 15.2 Å². The van der Waals surface area contributed by atoms with Crippen molar-refractivity contribution in [2.45, 2.75) is 18.4 Å². The van der Waals surface area contributed by atoms with E-state index in [4.69, 9.17) is 10.1 Å². The van der Waals surface area contributed by atoms with Crippen LogP contribution >= 0.6 is 0 Å². The fraction of sp³-hybridized carbons (Fsp3) is 0.265. The molecule has 208 valence electrons. The van der Waals surface area contributed by atoms with Crippen LogP contribution in [0.5, 0.6) is 5.75 Å². The maximum absolute atomic E-state index is 12.7. The third-order valence-electron chi connectivity index (χ3n) is 8.24. The maximum Gasteiger partial charge on any atom is 0.260 e. The largest absolute Gasteiger partial charge is 0.484 e. The zero-order valence-electron chi connectivity index (χ0n) is 23.1. The molecule has 0 aliphatic carbocycles. The number of hydrogen-bond acceptors (Lipinski definition) is 4. The minimum absolute atomic E-state index is 0.0273. The third-order valence-corrected chi connectivity index (χ3v) is 8.24. The van der Waals surface area contributed by atoms with E-state index in [2.05, 4.69) is 69.8 Å². The molecular weight excluding hydrogens is 510 g/mol. The van der Waals surface area contributed by atoms with Crippen molar-refractivity contribution < 1.29 is 9.53 Å². The summed E-state index contributed by atoms with van der Waals surface area (Å²) in [6, 6.07) is 32.5. The average molecular weight is 546 g/mol. The zero-order chi connectivity index (χ0) is 28.1. The van der Waals surface area contributed by atoms with Gasteiger partial charge in [0.25, 0.3) is 5.91 Å². The molecule has 4 aromatic rings. The van der Waals surface area contributed by atoms with Crippen molar-refractivity contribution in [2.24, 2.45) is 5.92 Å². The van der Waals surface area contributed by atoms with Crippen LogP contribution in [0.1, 0.15) is 24.0 Å². The topological polar surface area (TPSA) is 81.6 Å². The first-order valence-electron chi connectivity index (χ1n) is 14.2. The lowest BCUT2D eigenvalue weighted by Crippen LogP contribution is -2.44. The highest BCUT2D eigenvalue weighted by molar-refractivity contribution is 5.82. The van der Waals surface area contributed by atoms with Gasteiger partial charge in [0.1, 0.15) is 11.3 Å². The summed E-state index contributed by atoms with van der Waals surface area (Å²) in [4.78, 5) is 21.1. The van der Waals surface area contributed by atoms with E-state index >= 15 is 0 Å². The number of para-hydroxylation sites is 1. The predicted molar refractivity (Wildman–Crippen MR) is 161 cm³/mol. The van der Waals surface area contributed by atoms with E-state index in [-0.39, 0.29) is 12.5 Å². The fourth-order valence-electron chi connectivity index (χ4n) is 5.99. The summed E-state index contributed by atoms with van der Waals surface area (Å²) in [7, 11) is 0. The Hall–Kier alpha value is -4.65. The Morgan fingerprint density at radius 1 is 0.902 bits per heavy atom. The number of likely N-dealkylation sites (tertiary alicyclic amines) is 1. The Balaban J connectivity index is 1.14. The minimum Gasteiger partial charge on any atom is -0.484 e. The molecule has 2 aliphatic rings. The monoisotopic (exact) mass is 545 g/mol. The molecule has 1 aromatic heterocycles. The average Bonchev–Trinajstić information content (AvgIpc) is 3.38. The van der Waals surface area contributed by atoms with Gasteiger partial charge in [0.05, 0.1) is 6.54 Å². The Morgan fingerprint density at radius 2 is 1.61 bits per heavy atom. The molecule has 1 amide bonds. The first-order chi connectivity index (χ1) is 20.1. The van der Waals surface area contributed by atoms with Crippen LogP contribution in [0.15, 0.2) is 109 Å². The molecular formula is C34H35N5O2. The molecule has 0 radical (unpaired) electrons. The number of hydrogen-bond donors (Lipinski definition) is 2. The number of guanidine groups is 1. The van der Waals surface area contributed by atoms with Crippen molar-refractivity contribution in [3.63, 3.8) is 0 Å². The normalized spacial score (nSPS) is 19.2. The lowest BCUT2D eigenvalue weighted by Gasteiger charge is -2.34.